The minimum atomic E-state index is -0.0311. The predicted molar refractivity (Wildman–Crippen MR) is 61.3 cm³/mol. The summed E-state index contributed by atoms with van der Waals surface area (Å²) in [5.74, 6) is 0.737. The van der Waals surface area contributed by atoms with Crippen LogP contribution in [0.1, 0.15) is 49.7 Å². The normalized spacial score (nSPS) is 33.0. The zero-order valence-corrected chi connectivity index (χ0v) is 10.1. The van der Waals surface area contributed by atoms with Gasteiger partial charge in [0.1, 0.15) is 0 Å². The summed E-state index contributed by atoms with van der Waals surface area (Å²) in [7, 11) is 0. The standard InChI is InChI=1S/C12H17NOS/c1-11(2)6-12(11,7-14)9-5-15-10(13-9)8-3-4-8/h5,8,14H,3-4,6-7H2,1-2H3. The summed E-state index contributed by atoms with van der Waals surface area (Å²) in [4.78, 5) is 4.73. The van der Waals surface area contributed by atoms with Gasteiger partial charge in [-0.2, -0.15) is 0 Å². The van der Waals surface area contributed by atoms with Gasteiger partial charge in [-0.25, -0.2) is 4.98 Å². The molecule has 1 N–H and O–H groups in total. The maximum atomic E-state index is 9.57. The Morgan fingerprint density at radius 1 is 1.53 bits per heavy atom. The van der Waals surface area contributed by atoms with Gasteiger partial charge in [-0.1, -0.05) is 13.8 Å². The molecule has 2 saturated carbocycles. The molecule has 3 heteroatoms. The average Bonchev–Trinajstić information content (AvgIpc) is 3.07. The Bertz CT molecular complexity index is 394. The van der Waals surface area contributed by atoms with E-state index in [1.807, 2.05) is 0 Å². The van der Waals surface area contributed by atoms with Crippen LogP contribution in [0.15, 0.2) is 5.38 Å². The van der Waals surface area contributed by atoms with E-state index in [9.17, 15) is 5.11 Å². The fourth-order valence-electron chi connectivity index (χ4n) is 2.52. The molecule has 1 atom stereocenters. The third kappa shape index (κ3) is 1.29. The van der Waals surface area contributed by atoms with Crippen LogP contribution in [0.4, 0.5) is 0 Å². The van der Waals surface area contributed by atoms with Crippen molar-refractivity contribution in [3.8, 4) is 0 Å². The molecule has 1 unspecified atom stereocenters. The molecule has 3 rings (SSSR count). The number of rotatable bonds is 3. The number of thiazole rings is 1. The average molecular weight is 223 g/mol. The quantitative estimate of drug-likeness (QED) is 0.854. The van der Waals surface area contributed by atoms with Crippen LogP contribution in [0.5, 0.6) is 0 Å². The van der Waals surface area contributed by atoms with Gasteiger partial charge in [-0.3, -0.25) is 0 Å². The Morgan fingerprint density at radius 2 is 2.20 bits per heavy atom. The highest BCUT2D eigenvalue weighted by atomic mass is 32.1. The molecule has 0 saturated heterocycles. The maximum Gasteiger partial charge on any atom is 0.0959 e. The van der Waals surface area contributed by atoms with Crippen LogP contribution < -0.4 is 0 Å². The Labute approximate surface area is 94.4 Å². The third-order valence-electron chi connectivity index (χ3n) is 4.12. The van der Waals surface area contributed by atoms with Crippen LogP contribution in [0.2, 0.25) is 0 Å². The van der Waals surface area contributed by atoms with Crippen molar-refractivity contribution >= 4 is 11.3 Å². The summed E-state index contributed by atoms with van der Waals surface area (Å²) in [5, 5.41) is 13.0. The van der Waals surface area contributed by atoms with Crippen LogP contribution in [0.3, 0.4) is 0 Å². The van der Waals surface area contributed by atoms with Gasteiger partial charge >= 0.3 is 0 Å². The van der Waals surface area contributed by atoms with Gasteiger partial charge in [0.25, 0.3) is 0 Å². The molecule has 82 valence electrons. The van der Waals surface area contributed by atoms with Gasteiger partial charge in [0.2, 0.25) is 0 Å². The summed E-state index contributed by atoms with van der Waals surface area (Å²) in [6.07, 6.45) is 3.69. The van der Waals surface area contributed by atoms with Gasteiger partial charge < -0.3 is 5.11 Å². The number of hydrogen-bond donors (Lipinski definition) is 1. The lowest BCUT2D eigenvalue weighted by atomic mass is 9.94. The minimum absolute atomic E-state index is 0.0311. The molecule has 0 aliphatic heterocycles. The van der Waals surface area contributed by atoms with Gasteiger partial charge in [-0.15, -0.1) is 11.3 Å². The number of nitrogens with zero attached hydrogens (tertiary/aromatic N) is 1. The molecule has 2 nitrogen and oxygen atoms in total. The van der Waals surface area contributed by atoms with Gasteiger partial charge in [0, 0.05) is 16.7 Å². The zero-order chi connectivity index (χ0) is 10.7. The SMILES string of the molecule is CC1(C)CC1(CO)c1csc(C2CC2)n1. The molecule has 0 amide bonds. The lowest BCUT2D eigenvalue weighted by Crippen LogP contribution is -2.19. The Hall–Kier alpha value is -0.410. The fraction of sp³-hybridized carbons (Fsp3) is 0.750. The molecule has 15 heavy (non-hydrogen) atoms. The van der Waals surface area contributed by atoms with E-state index in [-0.39, 0.29) is 17.4 Å². The highest BCUT2D eigenvalue weighted by Gasteiger charge is 2.63. The van der Waals surface area contributed by atoms with Gasteiger partial charge in [0.05, 0.1) is 17.3 Å². The van der Waals surface area contributed by atoms with Crippen molar-refractivity contribution in [1.29, 1.82) is 0 Å². The third-order valence-corrected chi connectivity index (χ3v) is 5.13. The van der Waals surface area contributed by atoms with Crippen molar-refractivity contribution in [3.63, 3.8) is 0 Å². The zero-order valence-electron chi connectivity index (χ0n) is 9.29. The van der Waals surface area contributed by atoms with E-state index in [0.29, 0.717) is 0 Å². The van der Waals surface area contributed by atoms with Crippen LogP contribution in [0, 0.1) is 5.41 Å². The first kappa shape index (κ1) is 9.79. The highest BCUT2D eigenvalue weighted by Crippen LogP contribution is 2.64. The topological polar surface area (TPSA) is 33.1 Å². The number of aliphatic hydroxyl groups excluding tert-OH is 1. The van der Waals surface area contributed by atoms with E-state index in [0.717, 1.165) is 18.0 Å². The molecular formula is C12H17NOS. The smallest absolute Gasteiger partial charge is 0.0959 e. The van der Waals surface area contributed by atoms with Crippen molar-refractivity contribution in [2.24, 2.45) is 5.41 Å². The molecule has 1 aromatic heterocycles. The van der Waals surface area contributed by atoms with Crippen LogP contribution in [-0.2, 0) is 5.41 Å². The number of aliphatic hydroxyl groups is 1. The lowest BCUT2D eigenvalue weighted by Gasteiger charge is -2.14. The van der Waals surface area contributed by atoms with Crippen molar-refractivity contribution in [1.82, 2.24) is 4.98 Å². The summed E-state index contributed by atoms with van der Waals surface area (Å²) in [5.41, 5.74) is 1.34. The number of aromatic nitrogens is 1. The van der Waals surface area contributed by atoms with E-state index in [4.69, 9.17) is 4.98 Å². The molecule has 2 fully saturated rings. The molecule has 2 aliphatic rings. The van der Waals surface area contributed by atoms with E-state index in [1.165, 1.54) is 17.8 Å². The molecule has 0 bridgehead atoms. The molecule has 0 radical (unpaired) electrons. The first-order chi connectivity index (χ1) is 7.09. The maximum absolute atomic E-state index is 9.57. The Morgan fingerprint density at radius 3 is 2.67 bits per heavy atom. The summed E-state index contributed by atoms with van der Waals surface area (Å²) >= 11 is 1.78. The molecule has 1 heterocycles. The molecule has 0 spiro atoms. The first-order valence-electron chi connectivity index (χ1n) is 5.66. The highest BCUT2D eigenvalue weighted by molar-refractivity contribution is 7.09. The van der Waals surface area contributed by atoms with E-state index < -0.39 is 0 Å². The minimum Gasteiger partial charge on any atom is -0.395 e. The summed E-state index contributed by atoms with van der Waals surface area (Å²) in [6, 6.07) is 0. The Balaban J connectivity index is 1.91. The van der Waals surface area contributed by atoms with E-state index in [1.54, 1.807) is 11.3 Å². The van der Waals surface area contributed by atoms with Crippen molar-refractivity contribution in [2.45, 2.75) is 44.4 Å². The summed E-state index contributed by atoms with van der Waals surface area (Å²) in [6.45, 7) is 4.69. The van der Waals surface area contributed by atoms with E-state index in [2.05, 4.69) is 19.2 Å². The largest absolute Gasteiger partial charge is 0.395 e. The molecule has 1 aromatic rings. The van der Waals surface area contributed by atoms with Crippen molar-refractivity contribution in [3.05, 3.63) is 16.1 Å². The van der Waals surface area contributed by atoms with Crippen molar-refractivity contribution < 1.29 is 5.11 Å². The van der Waals surface area contributed by atoms with Gasteiger partial charge in [-0.05, 0) is 24.7 Å². The second-order valence-electron chi connectivity index (χ2n) is 5.65. The van der Waals surface area contributed by atoms with Gasteiger partial charge in [0.15, 0.2) is 0 Å². The van der Waals surface area contributed by atoms with Crippen LogP contribution in [-0.4, -0.2) is 16.7 Å². The Kier molecular flexibility index (Phi) is 1.85. The second kappa shape index (κ2) is 2.83. The predicted octanol–water partition coefficient (Wildman–Crippen LogP) is 2.68. The van der Waals surface area contributed by atoms with Crippen LogP contribution >= 0.6 is 11.3 Å². The molecular weight excluding hydrogens is 206 g/mol. The van der Waals surface area contributed by atoms with Crippen molar-refractivity contribution in [2.75, 3.05) is 6.61 Å². The summed E-state index contributed by atoms with van der Waals surface area (Å²) < 4.78 is 0. The molecule has 0 aromatic carbocycles. The lowest BCUT2D eigenvalue weighted by molar-refractivity contribution is 0.229. The van der Waals surface area contributed by atoms with Crippen LogP contribution in [0.25, 0.3) is 0 Å². The fourth-order valence-corrected chi connectivity index (χ4v) is 3.61. The monoisotopic (exact) mass is 223 g/mol. The van der Waals surface area contributed by atoms with E-state index >= 15 is 0 Å². The second-order valence-corrected chi connectivity index (χ2v) is 6.54. The first-order valence-corrected chi connectivity index (χ1v) is 6.54. The molecule has 2 aliphatic carbocycles. The number of hydrogen-bond acceptors (Lipinski definition) is 3.